The van der Waals surface area contributed by atoms with Gasteiger partial charge in [-0.1, -0.05) is 13.3 Å². The highest BCUT2D eigenvalue weighted by Crippen LogP contribution is 2.28. The Morgan fingerprint density at radius 2 is 2.35 bits per heavy atom. The molecule has 2 rings (SSSR count). The van der Waals surface area contributed by atoms with Crippen LogP contribution in [-0.2, 0) is 0 Å². The number of ether oxygens (including phenoxy) is 1. The minimum absolute atomic E-state index is 0.126. The van der Waals surface area contributed by atoms with E-state index in [1.807, 2.05) is 0 Å². The second-order valence-electron chi connectivity index (χ2n) is 4.69. The molecule has 1 aromatic heterocycles. The second kappa shape index (κ2) is 5.17. The summed E-state index contributed by atoms with van der Waals surface area (Å²) in [6.45, 7) is 2.21. The number of rotatable bonds is 3. The van der Waals surface area contributed by atoms with E-state index in [4.69, 9.17) is 9.84 Å². The third-order valence-corrected chi connectivity index (χ3v) is 3.20. The Hall–Kier alpha value is -1.58. The third kappa shape index (κ3) is 2.96. The molecule has 2 unspecified atom stereocenters. The zero-order valence-electron chi connectivity index (χ0n) is 9.93. The minimum Gasteiger partial charge on any atom is -0.488 e. The van der Waals surface area contributed by atoms with Gasteiger partial charge >= 0.3 is 5.97 Å². The highest BCUT2D eigenvalue weighted by atomic mass is 16.5. The molecule has 4 nitrogen and oxygen atoms in total. The van der Waals surface area contributed by atoms with Crippen molar-refractivity contribution in [1.29, 1.82) is 0 Å². The van der Waals surface area contributed by atoms with E-state index in [0.29, 0.717) is 11.7 Å². The molecule has 1 aromatic rings. The molecule has 1 aliphatic rings. The molecule has 1 fully saturated rings. The van der Waals surface area contributed by atoms with Gasteiger partial charge < -0.3 is 9.84 Å². The molecular weight excluding hydrogens is 218 g/mol. The van der Waals surface area contributed by atoms with E-state index in [1.54, 1.807) is 0 Å². The fourth-order valence-corrected chi connectivity index (χ4v) is 2.32. The summed E-state index contributed by atoms with van der Waals surface area (Å²) in [5.74, 6) is 0.0732. The van der Waals surface area contributed by atoms with Gasteiger partial charge in [-0.2, -0.15) is 0 Å². The highest BCUT2D eigenvalue weighted by Gasteiger charge is 2.22. The number of nitrogens with zero attached hydrogens (tertiary/aromatic N) is 1. The molecule has 1 N–H and O–H groups in total. The minimum atomic E-state index is -0.966. The zero-order valence-corrected chi connectivity index (χ0v) is 9.93. The van der Waals surface area contributed by atoms with Crippen LogP contribution in [0.25, 0.3) is 0 Å². The van der Waals surface area contributed by atoms with Crippen LogP contribution in [0.15, 0.2) is 18.5 Å². The molecule has 0 saturated heterocycles. The molecule has 0 amide bonds. The number of pyridine rings is 1. The first-order valence-electron chi connectivity index (χ1n) is 6.00. The van der Waals surface area contributed by atoms with Crippen LogP contribution in [0, 0.1) is 5.92 Å². The number of hydrogen-bond donors (Lipinski definition) is 1. The Bertz CT molecular complexity index is 405. The van der Waals surface area contributed by atoms with Gasteiger partial charge in [-0.3, -0.25) is 4.98 Å². The van der Waals surface area contributed by atoms with E-state index in [2.05, 4.69) is 11.9 Å². The zero-order chi connectivity index (χ0) is 12.3. The van der Waals surface area contributed by atoms with Crippen molar-refractivity contribution in [2.24, 2.45) is 5.92 Å². The molecule has 1 saturated carbocycles. The fraction of sp³-hybridized carbons (Fsp3) is 0.538. The molecule has 2 atom stereocenters. The Morgan fingerprint density at radius 1 is 1.53 bits per heavy atom. The monoisotopic (exact) mass is 235 g/mol. The standard InChI is InChI=1S/C13H17NO3/c1-9-3-2-4-10(7-9)17-12-8-14-6-5-11(12)13(15)16/h5-6,8-10H,2-4,7H2,1H3,(H,15,16). The van der Waals surface area contributed by atoms with Gasteiger partial charge in [0.15, 0.2) is 5.75 Å². The fourth-order valence-electron chi connectivity index (χ4n) is 2.32. The topological polar surface area (TPSA) is 59.4 Å². The Kier molecular flexibility index (Phi) is 3.61. The Balaban J connectivity index is 2.10. The van der Waals surface area contributed by atoms with Crippen molar-refractivity contribution in [1.82, 2.24) is 4.98 Å². The van der Waals surface area contributed by atoms with Gasteiger partial charge in [0.1, 0.15) is 5.56 Å². The Labute approximate surface area is 101 Å². The van der Waals surface area contributed by atoms with Gasteiger partial charge in [0.2, 0.25) is 0 Å². The lowest BCUT2D eigenvalue weighted by molar-refractivity contribution is 0.0683. The van der Waals surface area contributed by atoms with E-state index in [-0.39, 0.29) is 11.7 Å². The Morgan fingerprint density at radius 3 is 3.06 bits per heavy atom. The lowest BCUT2D eigenvalue weighted by Gasteiger charge is -2.27. The van der Waals surface area contributed by atoms with Crippen LogP contribution in [0.2, 0.25) is 0 Å². The van der Waals surface area contributed by atoms with Crippen LogP contribution < -0.4 is 4.74 Å². The molecule has 4 heteroatoms. The van der Waals surface area contributed by atoms with E-state index in [1.165, 1.54) is 24.9 Å². The van der Waals surface area contributed by atoms with Crippen molar-refractivity contribution >= 4 is 5.97 Å². The second-order valence-corrected chi connectivity index (χ2v) is 4.69. The quantitative estimate of drug-likeness (QED) is 0.875. The molecule has 17 heavy (non-hydrogen) atoms. The smallest absolute Gasteiger partial charge is 0.339 e. The van der Waals surface area contributed by atoms with Gasteiger partial charge in [0.05, 0.1) is 12.3 Å². The summed E-state index contributed by atoms with van der Waals surface area (Å²) in [5, 5.41) is 9.04. The summed E-state index contributed by atoms with van der Waals surface area (Å²) in [6.07, 6.45) is 7.46. The summed E-state index contributed by atoms with van der Waals surface area (Å²) < 4.78 is 5.77. The van der Waals surface area contributed by atoms with Crippen molar-refractivity contribution in [3.63, 3.8) is 0 Å². The van der Waals surface area contributed by atoms with Crippen molar-refractivity contribution in [2.45, 2.75) is 38.7 Å². The average molecular weight is 235 g/mol. The molecular formula is C13H17NO3. The summed E-state index contributed by atoms with van der Waals surface area (Å²) in [6, 6.07) is 1.48. The first-order valence-corrected chi connectivity index (χ1v) is 6.00. The first kappa shape index (κ1) is 11.9. The molecule has 0 radical (unpaired) electrons. The number of carboxylic acids is 1. The maximum atomic E-state index is 11.0. The summed E-state index contributed by atoms with van der Waals surface area (Å²) >= 11 is 0. The average Bonchev–Trinajstić information content (AvgIpc) is 2.29. The van der Waals surface area contributed by atoms with Crippen molar-refractivity contribution < 1.29 is 14.6 Å². The van der Waals surface area contributed by atoms with Crippen molar-refractivity contribution in [3.05, 3.63) is 24.0 Å². The van der Waals surface area contributed by atoms with Crippen LogP contribution in [0.4, 0.5) is 0 Å². The van der Waals surface area contributed by atoms with Gasteiger partial charge in [0.25, 0.3) is 0 Å². The number of aromatic nitrogens is 1. The molecule has 0 aromatic carbocycles. The largest absolute Gasteiger partial charge is 0.488 e. The predicted octanol–water partition coefficient (Wildman–Crippen LogP) is 2.74. The summed E-state index contributed by atoms with van der Waals surface area (Å²) in [5.41, 5.74) is 0.193. The van der Waals surface area contributed by atoms with Gasteiger partial charge in [-0.25, -0.2) is 4.79 Å². The van der Waals surface area contributed by atoms with E-state index >= 15 is 0 Å². The molecule has 1 heterocycles. The lowest BCUT2D eigenvalue weighted by atomic mass is 9.89. The highest BCUT2D eigenvalue weighted by molar-refractivity contribution is 5.90. The molecule has 92 valence electrons. The molecule has 0 spiro atoms. The van der Waals surface area contributed by atoms with Gasteiger partial charge in [-0.05, 0) is 31.2 Å². The van der Waals surface area contributed by atoms with Crippen LogP contribution in [-0.4, -0.2) is 22.2 Å². The first-order chi connectivity index (χ1) is 8.16. The van der Waals surface area contributed by atoms with Gasteiger partial charge in [0, 0.05) is 6.20 Å². The number of hydrogen-bond acceptors (Lipinski definition) is 3. The molecule has 1 aliphatic carbocycles. The molecule has 0 bridgehead atoms. The van der Waals surface area contributed by atoms with Crippen LogP contribution in [0.1, 0.15) is 43.0 Å². The van der Waals surface area contributed by atoms with E-state index < -0.39 is 5.97 Å². The predicted molar refractivity (Wildman–Crippen MR) is 63.2 cm³/mol. The number of carboxylic acid groups (broad SMARTS) is 1. The van der Waals surface area contributed by atoms with Gasteiger partial charge in [-0.15, -0.1) is 0 Å². The van der Waals surface area contributed by atoms with Crippen LogP contribution in [0.5, 0.6) is 5.75 Å². The van der Waals surface area contributed by atoms with Crippen LogP contribution >= 0.6 is 0 Å². The maximum absolute atomic E-state index is 11.0. The number of aromatic carboxylic acids is 1. The maximum Gasteiger partial charge on any atom is 0.339 e. The number of carbonyl (C=O) groups is 1. The normalized spacial score (nSPS) is 24.3. The van der Waals surface area contributed by atoms with Crippen LogP contribution in [0.3, 0.4) is 0 Å². The lowest BCUT2D eigenvalue weighted by Crippen LogP contribution is -2.24. The summed E-state index contributed by atoms with van der Waals surface area (Å²) in [4.78, 5) is 14.9. The SMILES string of the molecule is CC1CCCC(Oc2cnccc2C(=O)O)C1. The summed E-state index contributed by atoms with van der Waals surface area (Å²) in [7, 11) is 0. The van der Waals surface area contributed by atoms with Crippen molar-refractivity contribution in [2.75, 3.05) is 0 Å². The van der Waals surface area contributed by atoms with E-state index in [0.717, 1.165) is 19.3 Å². The van der Waals surface area contributed by atoms with E-state index in [9.17, 15) is 4.79 Å². The van der Waals surface area contributed by atoms with Crippen molar-refractivity contribution in [3.8, 4) is 5.75 Å². The molecule has 0 aliphatic heterocycles. The third-order valence-electron chi connectivity index (χ3n) is 3.20.